The number of nitrogens with two attached hydrogens (primary N) is 1. The van der Waals surface area contributed by atoms with Gasteiger partial charge in [0.1, 0.15) is 11.2 Å². The number of fused-ring (bicyclic) bond motifs is 1. The van der Waals surface area contributed by atoms with Gasteiger partial charge in [0.15, 0.2) is 11.5 Å². The van der Waals surface area contributed by atoms with E-state index < -0.39 is 12.0 Å². The molecule has 1 aromatic carbocycles. The van der Waals surface area contributed by atoms with E-state index in [1.807, 2.05) is 0 Å². The highest BCUT2D eigenvalue weighted by atomic mass is 19.3. The maximum absolute atomic E-state index is 13.9. The molecule has 10 heteroatoms. The minimum absolute atomic E-state index is 0.0569. The highest BCUT2D eigenvalue weighted by Crippen LogP contribution is 2.39. The molecule has 4 rings (SSSR count). The van der Waals surface area contributed by atoms with Crippen molar-refractivity contribution in [3.8, 4) is 0 Å². The van der Waals surface area contributed by atoms with Crippen LogP contribution in [0.1, 0.15) is 48.7 Å². The van der Waals surface area contributed by atoms with Crippen molar-refractivity contribution in [1.82, 2.24) is 19.7 Å². The molecule has 1 saturated carbocycles. The van der Waals surface area contributed by atoms with Gasteiger partial charge in [-0.05, 0) is 18.4 Å². The van der Waals surface area contributed by atoms with E-state index in [-0.39, 0.29) is 41.7 Å². The Kier molecular flexibility index (Phi) is 4.77. The van der Waals surface area contributed by atoms with Gasteiger partial charge < -0.3 is 15.9 Å². The molecule has 1 fully saturated rings. The summed E-state index contributed by atoms with van der Waals surface area (Å²) in [7, 11) is 0. The molecule has 0 radical (unpaired) electrons. The molecule has 1 aliphatic rings. The summed E-state index contributed by atoms with van der Waals surface area (Å²) in [5.74, 6) is -2.46. The van der Waals surface area contributed by atoms with Crippen LogP contribution in [0.3, 0.4) is 0 Å². The summed E-state index contributed by atoms with van der Waals surface area (Å²) >= 11 is 0. The number of amidine groups is 1. The van der Waals surface area contributed by atoms with Crippen molar-refractivity contribution >= 4 is 16.9 Å². The fourth-order valence-electron chi connectivity index (χ4n) is 3.85. The lowest BCUT2D eigenvalue weighted by molar-refractivity contribution is -0.0506. The fourth-order valence-corrected chi connectivity index (χ4v) is 3.85. The van der Waals surface area contributed by atoms with Crippen LogP contribution in [0.25, 0.3) is 11.0 Å². The van der Waals surface area contributed by atoms with Crippen LogP contribution in [0.5, 0.6) is 0 Å². The lowest BCUT2D eigenvalue weighted by atomic mass is 9.92. The molecule has 2 aromatic heterocycles. The minimum Gasteiger partial charge on any atom is -0.409 e. The number of hydrogen-bond acceptors (Lipinski definition) is 5. The molecule has 1 atom stereocenters. The average Bonchev–Trinajstić information content (AvgIpc) is 3.11. The zero-order chi connectivity index (χ0) is 20.6. The zero-order valence-corrected chi connectivity index (χ0v) is 15.5. The molecule has 1 aliphatic carbocycles. The van der Waals surface area contributed by atoms with Crippen LogP contribution in [0.2, 0.25) is 0 Å². The summed E-state index contributed by atoms with van der Waals surface area (Å²) in [6.07, 6.45) is 2.07. The molecule has 0 amide bonds. The van der Waals surface area contributed by atoms with E-state index in [4.69, 9.17) is 10.9 Å². The number of nitrogens with one attached hydrogen (secondary N) is 1. The van der Waals surface area contributed by atoms with Crippen LogP contribution in [0.4, 0.5) is 8.78 Å². The molecule has 29 heavy (non-hydrogen) atoms. The van der Waals surface area contributed by atoms with E-state index in [1.54, 1.807) is 24.3 Å². The topological polar surface area (TPSA) is 122 Å². The normalized spacial score (nSPS) is 19.5. The molecule has 8 nitrogen and oxygen atoms in total. The third-order valence-electron chi connectivity index (χ3n) is 5.23. The fraction of sp³-hybridized carbons (Fsp3) is 0.368. The van der Waals surface area contributed by atoms with Gasteiger partial charge in [-0.15, -0.1) is 0 Å². The predicted octanol–water partition coefficient (Wildman–Crippen LogP) is 2.56. The summed E-state index contributed by atoms with van der Waals surface area (Å²) in [6.45, 7) is 0. The first-order valence-corrected chi connectivity index (χ1v) is 9.28. The summed E-state index contributed by atoms with van der Waals surface area (Å²) in [6, 6.07) is 6.48. The number of aromatic amines is 1. The highest BCUT2D eigenvalue weighted by molar-refractivity contribution is 5.98. The first-order chi connectivity index (χ1) is 13.9. The van der Waals surface area contributed by atoms with E-state index in [0.717, 1.165) is 0 Å². The van der Waals surface area contributed by atoms with Gasteiger partial charge in [0.2, 0.25) is 5.92 Å². The zero-order valence-electron chi connectivity index (χ0n) is 15.5. The van der Waals surface area contributed by atoms with Crippen LogP contribution in [-0.2, 0) is 6.42 Å². The van der Waals surface area contributed by atoms with E-state index in [1.165, 1.54) is 10.9 Å². The molecule has 2 heterocycles. The molecule has 0 aliphatic heterocycles. The van der Waals surface area contributed by atoms with Gasteiger partial charge in [-0.3, -0.25) is 4.79 Å². The molecule has 1 unspecified atom stereocenters. The molecular formula is C19H20F2N6O2. The Morgan fingerprint density at radius 3 is 2.97 bits per heavy atom. The summed E-state index contributed by atoms with van der Waals surface area (Å²) in [4.78, 5) is 19.7. The largest absolute Gasteiger partial charge is 0.409 e. The van der Waals surface area contributed by atoms with Crippen molar-refractivity contribution in [2.75, 3.05) is 0 Å². The summed E-state index contributed by atoms with van der Waals surface area (Å²) < 4.78 is 29.2. The van der Waals surface area contributed by atoms with E-state index >= 15 is 0 Å². The number of oxime groups is 1. The molecule has 152 valence electrons. The molecule has 0 bridgehead atoms. The van der Waals surface area contributed by atoms with Crippen molar-refractivity contribution < 1.29 is 14.0 Å². The van der Waals surface area contributed by atoms with Gasteiger partial charge in [-0.2, -0.15) is 5.10 Å². The Morgan fingerprint density at radius 2 is 2.21 bits per heavy atom. The minimum atomic E-state index is -2.74. The maximum atomic E-state index is 13.9. The van der Waals surface area contributed by atoms with E-state index in [9.17, 15) is 13.6 Å². The number of halogens is 2. The first-order valence-electron chi connectivity index (χ1n) is 9.28. The third kappa shape index (κ3) is 3.69. The number of aromatic nitrogens is 4. The first kappa shape index (κ1) is 19.0. The van der Waals surface area contributed by atoms with Crippen molar-refractivity contribution in [2.24, 2.45) is 10.9 Å². The number of H-pyrrole nitrogens is 1. The molecule has 0 saturated heterocycles. The van der Waals surface area contributed by atoms with Crippen LogP contribution in [0.15, 0.2) is 40.4 Å². The summed E-state index contributed by atoms with van der Waals surface area (Å²) in [5, 5.41) is 16.4. The number of alkyl halides is 2. The summed E-state index contributed by atoms with van der Waals surface area (Å²) in [5.41, 5.74) is 6.83. The van der Waals surface area contributed by atoms with Crippen molar-refractivity contribution in [2.45, 2.75) is 44.1 Å². The third-order valence-corrected chi connectivity index (χ3v) is 5.23. The highest BCUT2D eigenvalue weighted by Gasteiger charge is 2.38. The second-order valence-electron chi connectivity index (χ2n) is 7.26. The number of nitrogens with zero attached hydrogens (tertiary/aromatic N) is 4. The molecule has 4 N–H and O–H groups in total. The van der Waals surface area contributed by atoms with Crippen molar-refractivity contribution in [3.63, 3.8) is 0 Å². The smallest absolute Gasteiger partial charge is 0.262 e. The van der Waals surface area contributed by atoms with E-state index in [2.05, 4.69) is 20.2 Å². The van der Waals surface area contributed by atoms with Gasteiger partial charge >= 0.3 is 0 Å². The van der Waals surface area contributed by atoms with Gasteiger partial charge in [0.05, 0.1) is 12.2 Å². The van der Waals surface area contributed by atoms with Crippen molar-refractivity contribution in [1.29, 1.82) is 0 Å². The Balaban J connectivity index is 1.74. The lowest BCUT2D eigenvalue weighted by Crippen LogP contribution is -2.28. The Morgan fingerprint density at radius 1 is 1.41 bits per heavy atom. The lowest BCUT2D eigenvalue weighted by Gasteiger charge is -2.29. The van der Waals surface area contributed by atoms with Crippen LogP contribution in [0, 0.1) is 0 Å². The quantitative estimate of drug-likeness (QED) is 0.268. The van der Waals surface area contributed by atoms with Crippen LogP contribution in [-0.4, -0.2) is 36.7 Å². The van der Waals surface area contributed by atoms with Crippen molar-refractivity contribution in [3.05, 3.63) is 57.8 Å². The molecule has 0 spiro atoms. The number of rotatable bonds is 4. The van der Waals surface area contributed by atoms with E-state index in [0.29, 0.717) is 29.8 Å². The van der Waals surface area contributed by atoms with Gasteiger partial charge in [-0.25, -0.2) is 18.4 Å². The number of benzene rings is 1. The van der Waals surface area contributed by atoms with Gasteiger partial charge in [-0.1, -0.05) is 29.4 Å². The van der Waals surface area contributed by atoms with Gasteiger partial charge in [0, 0.05) is 24.8 Å². The second-order valence-corrected chi connectivity index (χ2v) is 7.26. The van der Waals surface area contributed by atoms with Gasteiger partial charge in [0.25, 0.3) is 5.56 Å². The standard InChI is InChI=1S/C19H20F2N6O2/c20-19(21)7-3-5-12(9-19)27-17-14(10-23-27)18(28)25-15(24-17)8-11-4-1-2-6-13(11)16(22)26-29/h1-2,4,6,10,12,29H,3,5,7-9H2,(H2,22,26)(H,24,25,28). The van der Waals surface area contributed by atoms with Crippen LogP contribution < -0.4 is 11.3 Å². The Bertz CT molecular complexity index is 1140. The predicted molar refractivity (Wildman–Crippen MR) is 102 cm³/mol. The Labute approximate surface area is 164 Å². The molecular weight excluding hydrogens is 382 g/mol. The maximum Gasteiger partial charge on any atom is 0.262 e. The molecule has 3 aromatic rings. The van der Waals surface area contributed by atoms with Crippen LogP contribution >= 0.6 is 0 Å². The second kappa shape index (κ2) is 7.26. The monoisotopic (exact) mass is 402 g/mol. The Hall–Kier alpha value is -3.30. The average molecular weight is 402 g/mol. The SMILES string of the molecule is NC(=NO)c1ccccc1Cc1nc2c(cnn2C2CCCC(F)(F)C2)c(=O)[nH]1. The number of hydrogen-bond donors (Lipinski definition) is 3.